The first-order chi connectivity index (χ1) is 24.5. The number of fused-ring (bicyclic) bond motifs is 3. The monoisotopic (exact) mass is 682 g/mol. The molecule has 1 aliphatic carbocycles. The van der Waals surface area contributed by atoms with Gasteiger partial charge in [-0.25, -0.2) is 4.79 Å². The molecular formula is C43H42N2O4S. The van der Waals surface area contributed by atoms with Crippen LogP contribution in [0, 0.1) is 5.92 Å². The first kappa shape index (κ1) is 34.7. The lowest BCUT2D eigenvalue weighted by molar-refractivity contribution is -0.129. The van der Waals surface area contributed by atoms with E-state index >= 15 is 0 Å². The maximum Gasteiger partial charge on any atom is 0.407 e. The van der Waals surface area contributed by atoms with Crippen LogP contribution in [0.1, 0.15) is 53.5 Å². The van der Waals surface area contributed by atoms with Crippen LogP contribution < -0.4 is 10.6 Å². The van der Waals surface area contributed by atoms with Crippen LogP contribution in [0.3, 0.4) is 0 Å². The highest BCUT2D eigenvalue weighted by atomic mass is 32.2. The number of amides is 2. The standard InChI is InChI=1S/C43H42N2O4S/c1-3-39(45-42(48)49-28-38-36-25-15-13-23-34(36)35-24-14-16-26-37(35)38)40(46)27-30(41(47)44-2)29-50-43(31-17-7-4-8-18-31,32-19-9-5-10-20-32)33-21-11-6-12-22-33/h4-26,30,38-39H,3,27-29H2,1-2H3,(H,44,47)(H,45,48)/t30-,39-/m1/s1. The zero-order valence-electron chi connectivity index (χ0n) is 28.4. The predicted molar refractivity (Wildman–Crippen MR) is 201 cm³/mol. The molecular weight excluding hydrogens is 641 g/mol. The van der Waals surface area contributed by atoms with Gasteiger partial charge in [0.1, 0.15) is 6.61 Å². The number of hydrogen-bond acceptors (Lipinski definition) is 5. The molecule has 0 saturated heterocycles. The van der Waals surface area contributed by atoms with Gasteiger partial charge in [-0.3, -0.25) is 9.59 Å². The third kappa shape index (κ3) is 7.24. The van der Waals surface area contributed by atoms with Gasteiger partial charge in [0.05, 0.1) is 16.7 Å². The van der Waals surface area contributed by atoms with Crippen LogP contribution in [0.4, 0.5) is 4.79 Å². The highest BCUT2D eigenvalue weighted by Crippen LogP contribution is 2.49. The summed E-state index contributed by atoms with van der Waals surface area (Å²) in [6, 6.07) is 46.3. The topological polar surface area (TPSA) is 84.5 Å². The fraction of sp³-hybridized carbons (Fsp3) is 0.233. The van der Waals surface area contributed by atoms with Gasteiger partial charge in [-0.1, -0.05) is 146 Å². The maximum absolute atomic E-state index is 13.8. The van der Waals surface area contributed by atoms with E-state index in [2.05, 4.69) is 71.3 Å². The van der Waals surface area contributed by atoms with Crippen LogP contribution in [-0.4, -0.2) is 43.2 Å². The van der Waals surface area contributed by atoms with Gasteiger partial charge in [0.2, 0.25) is 5.91 Å². The lowest BCUT2D eigenvalue weighted by Crippen LogP contribution is -2.43. The van der Waals surface area contributed by atoms with Gasteiger partial charge in [-0.15, -0.1) is 11.8 Å². The van der Waals surface area contributed by atoms with Crippen molar-refractivity contribution in [2.75, 3.05) is 19.4 Å². The van der Waals surface area contributed by atoms with Crippen molar-refractivity contribution in [3.8, 4) is 11.1 Å². The molecule has 0 heterocycles. The number of carbonyl (C=O) groups is 3. The summed E-state index contributed by atoms with van der Waals surface area (Å²) in [6.07, 6.45) is -0.295. The van der Waals surface area contributed by atoms with Gasteiger partial charge < -0.3 is 15.4 Å². The second kappa shape index (κ2) is 16.0. The third-order valence-electron chi connectivity index (χ3n) is 9.54. The minimum Gasteiger partial charge on any atom is -0.449 e. The van der Waals surface area contributed by atoms with Gasteiger partial charge >= 0.3 is 6.09 Å². The van der Waals surface area contributed by atoms with Crippen LogP contribution in [-0.2, 0) is 19.1 Å². The molecule has 6 nitrogen and oxygen atoms in total. The third-order valence-corrected chi connectivity index (χ3v) is 11.2. The van der Waals surface area contributed by atoms with Crippen molar-refractivity contribution >= 4 is 29.5 Å². The molecule has 0 bridgehead atoms. The van der Waals surface area contributed by atoms with Gasteiger partial charge in [-0.2, -0.15) is 0 Å². The number of Topliss-reactive ketones (excluding diaryl/α,β-unsaturated/α-hetero) is 1. The average molecular weight is 683 g/mol. The summed E-state index contributed by atoms with van der Waals surface area (Å²) in [5, 5.41) is 5.58. The summed E-state index contributed by atoms with van der Waals surface area (Å²) >= 11 is 1.64. The summed E-state index contributed by atoms with van der Waals surface area (Å²) in [5.41, 5.74) is 7.76. The summed E-state index contributed by atoms with van der Waals surface area (Å²) in [6.45, 7) is 2.00. The highest BCUT2D eigenvalue weighted by molar-refractivity contribution is 8.00. The molecule has 0 saturated carbocycles. The van der Waals surface area contributed by atoms with Crippen LogP contribution in [0.5, 0.6) is 0 Å². The molecule has 50 heavy (non-hydrogen) atoms. The summed E-state index contributed by atoms with van der Waals surface area (Å²) in [5.74, 6) is -0.778. The van der Waals surface area contributed by atoms with Gasteiger partial charge in [0, 0.05) is 25.1 Å². The number of hydrogen-bond donors (Lipinski definition) is 2. The lowest BCUT2D eigenvalue weighted by atomic mass is 9.84. The van der Waals surface area contributed by atoms with Gasteiger partial charge in [-0.05, 0) is 45.4 Å². The van der Waals surface area contributed by atoms with E-state index in [1.54, 1.807) is 18.8 Å². The number of rotatable bonds is 14. The molecule has 2 amide bonds. The van der Waals surface area contributed by atoms with E-state index in [-0.39, 0.29) is 30.6 Å². The Kier molecular flexibility index (Phi) is 11.1. The second-order valence-electron chi connectivity index (χ2n) is 12.5. The minimum absolute atomic E-state index is 0.0245. The first-order valence-corrected chi connectivity index (χ1v) is 18.1. The molecule has 5 aromatic carbocycles. The Morgan fingerprint density at radius 3 is 1.62 bits per heavy atom. The SMILES string of the molecule is CC[C@@H](NC(=O)OCC1c2ccccc2-c2ccccc21)C(=O)C[C@H](CSC(c1ccccc1)(c1ccccc1)c1ccccc1)C(=O)NC. The number of alkyl carbamates (subject to hydrolysis) is 1. The quantitative estimate of drug-likeness (QED) is 0.115. The van der Waals surface area contributed by atoms with E-state index in [1.807, 2.05) is 85.8 Å². The normalized spacial score (nSPS) is 13.4. The molecule has 2 N–H and O–H groups in total. The molecule has 2 atom stereocenters. The highest BCUT2D eigenvalue weighted by Gasteiger charge is 2.39. The van der Waals surface area contributed by atoms with Crippen molar-refractivity contribution in [3.63, 3.8) is 0 Å². The lowest BCUT2D eigenvalue weighted by Gasteiger charge is -2.36. The second-order valence-corrected chi connectivity index (χ2v) is 13.7. The summed E-state index contributed by atoms with van der Waals surface area (Å²) in [7, 11) is 1.59. The molecule has 0 spiro atoms. The Morgan fingerprint density at radius 2 is 1.16 bits per heavy atom. The summed E-state index contributed by atoms with van der Waals surface area (Å²) < 4.78 is 5.11. The maximum atomic E-state index is 13.8. The van der Waals surface area contributed by atoms with Crippen LogP contribution in [0.15, 0.2) is 140 Å². The van der Waals surface area contributed by atoms with Gasteiger partial charge in [0.25, 0.3) is 0 Å². The van der Waals surface area contributed by atoms with E-state index in [1.165, 1.54) is 0 Å². The molecule has 0 aromatic heterocycles. The van der Waals surface area contributed by atoms with E-state index in [0.29, 0.717) is 12.2 Å². The summed E-state index contributed by atoms with van der Waals surface area (Å²) in [4.78, 5) is 40.3. The molecule has 0 radical (unpaired) electrons. The molecule has 0 fully saturated rings. The van der Waals surface area contributed by atoms with Crippen molar-refractivity contribution in [1.82, 2.24) is 10.6 Å². The number of nitrogens with one attached hydrogen (secondary N) is 2. The predicted octanol–water partition coefficient (Wildman–Crippen LogP) is 8.35. The van der Waals surface area contributed by atoms with Crippen LogP contribution in [0.2, 0.25) is 0 Å². The smallest absolute Gasteiger partial charge is 0.407 e. The molecule has 0 unspecified atom stereocenters. The van der Waals surface area contributed by atoms with Gasteiger partial charge in [0.15, 0.2) is 5.78 Å². The van der Waals surface area contributed by atoms with Crippen molar-refractivity contribution < 1.29 is 19.1 Å². The average Bonchev–Trinajstić information content (AvgIpc) is 3.50. The molecule has 7 heteroatoms. The van der Waals surface area contributed by atoms with E-state index < -0.39 is 22.8 Å². The molecule has 0 aliphatic heterocycles. The minimum atomic E-state index is -0.787. The first-order valence-electron chi connectivity index (χ1n) is 17.1. The van der Waals surface area contributed by atoms with E-state index in [0.717, 1.165) is 38.9 Å². The van der Waals surface area contributed by atoms with Crippen molar-refractivity contribution in [2.24, 2.45) is 5.92 Å². The van der Waals surface area contributed by atoms with E-state index in [9.17, 15) is 14.4 Å². The Bertz CT molecular complexity index is 1770. The largest absolute Gasteiger partial charge is 0.449 e. The molecule has 254 valence electrons. The Balaban J connectivity index is 1.17. The Hall–Kier alpha value is -5.14. The zero-order valence-corrected chi connectivity index (χ0v) is 29.2. The number of benzene rings is 5. The molecule has 5 aromatic rings. The van der Waals surface area contributed by atoms with Crippen molar-refractivity contribution in [3.05, 3.63) is 167 Å². The van der Waals surface area contributed by atoms with Crippen molar-refractivity contribution in [1.29, 1.82) is 0 Å². The van der Waals surface area contributed by atoms with Crippen molar-refractivity contribution in [2.45, 2.75) is 36.5 Å². The number of carbonyl (C=O) groups excluding carboxylic acids is 3. The fourth-order valence-corrected chi connectivity index (χ4v) is 8.63. The zero-order chi connectivity index (χ0) is 34.9. The number of thioether (sulfide) groups is 1. The number of ketones is 1. The Morgan fingerprint density at radius 1 is 0.700 bits per heavy atom. The fourth-order valence-electron chi connectivity index (χ4n) is 7.00. The Labute approximate surface area is 298 Å². The molecule has 6 rings (SSSR count). The van der Waals surface area contributed by atoms with Crippen LogP contribution >= 0.6 is 11.8 Å². The molecule has 1 aliphatic rings. The van der Waals surface area contributed by atoms with E-state index in [4.69, 9.17) is 4.74 Å². The van der Waals surface area contributed by atoms with Crippen LogP contribution in [0.25, 0.3) is 11.1 Å². The number of ether oxygens (including phenoxy) is 1.